The topological polar surface area (TPSA) is 53.9 Å². The average Bonchev–Trinajstić information content (AvgIpc) is 3.07. The molecule has 0 aromatic carbocycles. The van der Waals surface area contributed by atoms with E-state index in [2.05, 4.69) is 15.2 Å². The highest BCUT2D eigenvalue weighted by molar-refractivity contribution is 7.19. The van der Waals surface area contributed by atoms with Gasteiger partial charge < -0.3 is 10.2 Å². The fourth-order valence-corrected chi connectivity index (χ4v) is 5.13. The minimum Gasteiger partial charge on any atom is -0.353 e. The molecule has 0 atom stereocenters. The van der Waals surface area contributed by atoms with Gasteiger partial charge in [-0.15, -0.1) is 11.3 Å². The van der Waals surface area contributed by atoms with Crippen molar-refractivity contribution in [2.45, 2.75) is 25.7 Å². The van der Waals surface area contributed by atoms with Gasteiger partial charge in [0.25, 0.3) is 0 Å². The lowest BCUT2D eigenvalue weighted by molar-refractivity contribution is 0.586. The molecular formula is C19H21N5S. The molecule has 5 rings (SSSR count). The monoisotopic (exact) mass is 351 g/mol. The third kappa shape index (κ3) is 2.69. The van der Waals surface area contributed by atoms with E-state index in [1.165, 1.54) is 41.5 Å². The molecule has 1 fully saturated rings. The van der Waals surface area contributed by atoms with Crippen LogP contribution in [-0.4, -0.2) is 41.1 Å². The zero-order chi connectivity index (χ0) is 16.6. The number of nitrogens with one attached hydrogen (secondary N) is 1. The molecule has 2 aliphatic rings. The molecule has 1 saturated heterocycles. The van der Waals surface area contributed by atoms with Gasteiger partial charge in [-0.2, -0.15) is 0 Å². The quantitative estimate of drug-likeness (QED) is 0.769. The third-order valence-electron chi connectivity index (χ3n) is 5.15. The normalized spacial score (nSPS) is 17.7. The molecule has 1 aliphatic heterocycles. The van der Waals surface area contributed by atoms with Crippen molar-refractivity contribution in [1.29, 1.82) is 0 Å². The smallest absolute Gasteiger partial charge is 0.163 e. The van der Waals surface area contributed by atoms with E-state index in [0.717, 1.165) is 48.2 Å². The van der Waals surface area contributed by atoms with E-state index in [1.807, 2.05) is 35.9 Å². The Morgan fingerprint density at radius 1 is 1.00 bits per heavy atom. The number of nitrogens with zero attached hydrogens (tertiary/aromatic N) is 4. The third-order valence-corrected chi connectivity index (χ3v) is 6.34. The van der Waals surface area contributed by atoms with Gasteiger partial charge in [0.15, 0.2) is 5.82 Å². The van der Waals surface area contributed by atoms with Crippen molar-refractivity contribution in [3.8, 4) is 11.4 Å². The Bertz CT molecular complexity index is 899. The van der Waals surface area contributed by atoms with Gasteiger partial charge in [-0.25, -0.2) is 9.97 Å². The zero-order valence-electron chi connectivity index (χ0n) is 14.2. The molecule has 0 bridgehead atoms. The average molecular weight is 351 g/mol. The van der Waals surface area contributed by atoms with Crippen LogP contribution >= 0.6 is 11.3 Å². The SMILES string of the molecule is c1cc(-c2nc(N3CCNCC3)c3c4c(sc3n2)CCCC4)ccn1. The molecule has 0 amide bonds. The Morgan fingerprint density at radius 3 is 2.64 bits per heavy atom. The second-order valence-corrected chi connectivity index (χ2v) is 7.82. The molecule has 0 saturated carbocycles. The van der Waals surface area contributed by atoms with Gasteiger partial charge >= 0.3 is 0 Å². The predicted molar refractivity (Wildman–Crippen MR) is 102 cm³/mol. The Hall–Kier alpha value is -2.05. The lowest BCUT2D eigenvalue weighted by Gasteiger charge is -2.29. The van der Waals surface area contributed by atoms with Gasteiger partial charge in [0.05, 0.1) is 5.39 Å². The lowest BCUT2D eigenvalue weighted by Crippen LogP contribution is -2.44. The number of anilines is 1. The van der Waals surface area contributed by atoms with Gasteiger partial charge in [0.1, 0.15) is 10.6 Å². The number of rotatable bonds is 2. The summed E-state index contributed by atoms with van der Waals surface area (Å²) < 4.78 is 0. The maximum atomic E-state index is 5.04. The van der Waals surface area contributed by atoms with Crippen LogP contribution in [0.25, 0.3) is 21.6 Å². The molecule has 4 heterocycles. The van der Waals surface area contributed by atoms with Crippen molar-refractivity contribution in [3.05, 3.63) is 35.0 Å². The summed E-state index contributed by atoms with van der Waals surface area (Å²) in [7, 11) is 0. The summed E-state index contributed by atoms with van der Waals surface area (Å²) in [6.45, 7) is 4.05. The van der Waals surface area contributed by atoms with E-state index in [9.17, 15) is 0 Å². The summed E-state index contributed by atoms with van der Waals surface area (Å²) in [5, 5.41) is 4.76. The first kappa shape index (κ1) is 15.2. The zero-order valence-corrected chi connectivity index (χ0v) is 15.0. The number of piperazine rings is 1. The molecule has 0 unspecified atom stereocenters. The number of pyridine rings is 1. The Kier molecular flexibility index (Phi) is 3.87. The standard InChI is InChI=1S/C19H21N5S/c1-2-4-15-14(3-1)16-18(24-11-9-21-10-12-24)22-17(23-19(16)25-15)13-5-7-20-8-6-13/h5-8,21H,1-4,9-12H2. The number of fused-ring (bicyclic) bond motifs is 3. The first-order chi connectivity index (χ1) is 12.4. The van der Waals surface area contributed by atoms with Gasteiger partial charge in [-0.05, 0) is 43.4 Å². The molecule has 6 heteroatoms. The van der Waals surface area contributed by atoms with Crippen molar-refractivity contribution < 1.29 is 0 Å². The van der Waals surface area contributed by atoms with Crippen LogP contribution in [0, 0.1) is 0 Å². The predicted octanol–water partition coefficient (Wildman–Crippen LogP) is 3.04. The van der Waals surface area contributed by atoms with Crippen molar-refractivity contribution in [2.75, 3.05) is 31.1 Å². The summed E-state index contributed by atoms with van der Waals surface area (Å²) in [5.41, 5.74) is 2.56. The number of hydrogen-bond acceptors (Lipinski definition) is 6. The van der Waals surface area contributed by atoms with Crippen LogP contribution in [0.1, 0.15) is 23.3 Å². The first-order valence-electron chi connectivity index (χ1n) is 9.08. The van der Waals surface area contributed by atoms with E-state index in [1.54, 1.807) is 0 Å². The second-order valence-electron chi connectivity index (χ2n) is 6.73. The summed E-state index contributed by atoms with van der Waals surface area (Å²) in [4.78, 5) is 19.2. The highest BCUT2D eigenvalue weighted by atomic mass is 32.1. The second kappa shape index (κ2) is 6.35. The van der Waals surface area contributed by atoms with Gasteiger partial charge in [-0.3, -0.25) is 4.98 Å². The van der Waals surface area contributed by atoms with E-state index in [-0.39, 0.29) is 0 Å². The fraction of sp³-hybridized carbons (Fsp3) is 0.421. The van der Waals surface area contributed by atoms with Crippen molar-refractivity contribution in [1.82, 2.24) is 20.3 Å². The van der Waals surface area contributed by atoms with E-state index < -0.39 is 0 Å². The summed E-state index contributed by atoms with van der Waals surface area (Å²) >= 11 is 1.88. The van der Waals surface area contributed by atoms with Crippen LogP contribution in [0.5, 0.6) is 0 Å². The largest absolute Gasteiger partial charge is 0.353 e. The number of aromatic nitrogens is 3. The van der Waals surface area contributed by atoms with E-state index in [4.69, 9.17) is 9.97 Å². The Labute approximate surface area is 151 Å². The van der Waals surface area contributed by atoms with Crippen molar-refractivity contribution >= 4 is 27.4 Å². The molecule has 1 aliphatic carbocycles. The molecule has 128 valence electrons. The van der Waals surface area contributed by atoms with Gasteiger partial charge in [0.2, 0.25) is 0 Å². The van der Waals surface area contributed by atoms with Crippen LogP contribution in [0.15, 0.2) is 24.5 Å². The summed E-state index contributed by atoms with van der Waals surface area (Å²) in [6, 6.07) is 3.99. The van der Waals surface area contributed by atoms with Gasteiger partial charge in [-0.1, -0.05) is 0 Å². The Balaban J connectivity index is 1.73. The van der Waals surface area contributed by atoms with E-state index in [0.29, 0.717) is 0 Å². The minimum absolute atomic E-state index is 0.821. The van der Waals surface area contributed by atoms with Crippen LogP contribution in [-0.2, 0) is 12.8 Å². The fourth-order valence-electron chi connectivity index (χ4n) is 3.87. The van der Waals surface area contributed by atoms with Gasteiger partial charge in [0, 0.05) is 49.0 Å². The molecule has 25 heavy (non-hydrogen) atoms. The molecule has 3 aromatic rings. The maximum Gasteiger partial charge on any atom is 0.163 e. The molecule has 3 aromatic heterocycles. The Morgan fingerprint density at radius 2 is 1.80 bits per heavy atom. The van der Waals surface area contributed by atoms with Crippen LogP contribution in [0.4, 0.5) is 5.82 Å². The highest BCUT2D eigenvalue weighted by Gasteiger charge is 2.24. The number of aryl methyl sites for hydroxylation is 2. The van der Waals surface area contributed by atoms with Crippen molar-refractivity contribution in [2.24, 2.45) is 0 Å². The van der Waals surface area contributed by atoms with Crippen LogP contribution < -0.4 is 10.2 Å². The molecule has 5 nitrogen and oxygen atoms in total. The highest BCUT2D eigenvalue weighted by Crippen LogP contribution is 2.40. The molecule has 1 N–H and O–H groups in total. The number of hydrogen-bond donors (Lipinski definition) is 1. The summed E-state index contributed by atoms with van der Waals surface area (Å²) in [6.07, 6.45) is 8.58. The minimum atomic E-state index is 0.821. The summed E-state index contributed by atoms with van der Waals surface area (Å²) in [5.74, 6) is 1.96. The maximum absolute atomic E-state index is 5.04. The van der Waals surface area contributed by atoms with Crippen molar-refractivity contribution in [3.63, 3.8) is 0 Å². The number of thiophene rings is 1. The lowest BCUT2D eigenvalue weighted by atomic mass is 9.97. The molecular weight excluding hydrogens is 330 g/mol. The first-order valence-corrected chi connectivity index (χ1v) is 9.90. The van der Waals surface area contributed by atoms with Crippen LogP contribution in [0.2, 0.25) is 0 Å². The molecule has 0 radical (unpaired) electrons. The van der Waals surface area contributed by atoms with Crippen LogP contribution in [0.3, 0.4) is 0 Å². The molecule has 0 spiro atoms. The van der Waals surface area contributed by atoms with E-state index >= 15 is 0 Å².